The van der Waals surface area contributed by atoms with E-state index in [1.165, 1.54) is 4.90 Å². The number of ether oxygens (including phenoxy) is 1. The van der Waals surface area contributed by atoms with E-state index in [-0.39, 0.29) is 18.1 Å². The molecule has 0 aromatic heterocycles. The maximum absolute atomic E-state index is 12.3. The highest BCUT2D eigenvalue weighted by atomic mass is 32.2. The summed E-state index contributed by atoms with van der Waals surface area (Å²) in [6.45, 7) is 2.25. The second kappa shape index (κ2) is 7.65. The molecule has 0 bridgehead atoms. The van der Waals surface area contributed by atoms with E-state index in [0.29, 0.717) is 18.7 Å². The zero-order chi connectivity index (χ0) is 17.7. The van der Waals surface area contributed by atoms with Crippen LogP contribution in [0.25, 0.3) is 0 Å². The molecule has 0 radical (unpaired) electrons. The highest BCUT2D eigenvalue weighted by molar-refractivity contribution is 7.91. The molecule has 1 fully saturated rings. The fraction of sp³-hybridized carbons (Fsp3) is 0.500. The molecule has 2 amide bonds. The van der Waals surface area contributed by atoms with Crippen LogP contribution >= 0.6 is 0 Å². The second-order valence-electron chi connectivity index (χ2n) is 5.68. The number of hydrogen-bond donors (Lipinski definition) is 1. The molecule has 1 heterocycles. The van der Waals surface area contributed by atoms with Crippen LogP contribution in [0, 0.1) is 0 Å². The SMILES string of the molecule is CCN(C(=O)C(=O)NCc1ccc(OC)cc1)C1CCS(=O)(=O)C1. The normalized spacial score (nSPS) is 18.8. The molecule has 1 N–H and O–H groups in total. The van der Waals surface area contributed by atoms with Gasteiger partial charge in [-0.1, -0.05) is 12.1 Å². The van der Waals surface area contributed by atoms with Crippen molar-refractivity contribution in [2.24, 2.45) is 0 Å². The third kappa shape index (κ3) is 4.47. The van der Waals surface area contributed by atoms with E-state index in [0.717, 1.165) is 5.56 Å². The number of methoxy groups -OCH3 is 1. The predicted molar refractivity (Wildman–Crippen MR) is 89.3 cm³/mol. The van der Waals surface area contributed by atoms with Crippen molar-refractivity contribution in [3.8, 4) is 5.75 Å². The number of benzene rings is 1. The number of likely N-dealkylation sites (N-methyl/N-ethyl adjacent to an activating group) is 1. The Labute approximate surface area is 141 Å². The molecule has 1 saturated heterocycles. The Kier molecular flexibility index (Phi) is 5.82. The Morgan fingerprint density at radius 1 is 1.29 bits per heavy atom. The van der Waals surface area contributed by atoms with Gasteiger partial charge in [-0.3, -0.25) is 9.59 Å². The number of amides is 2. The van der Waals surface area contributed by atoms with Crippen LogP contribution in [-0.4, -0.2) is 56.3 Å². The van der Waals surface area contributed by atoms with Crippen molar-refractivity contribution in [1.82, 2.24) is 10.2 Å². The molecule has 1 unspecified atom stereocenters. The van der Waals surface area contributed by atoms with Gasteiger partial charge < -0.3 is 15.0 Å². The first-order chi connectivity index (χ1) is 11.4. The summed E-state index contributed by atoms with van der Waals surface area (Å²) in [6.07, 6.45) is 0.383. The van der Waals surface area contributed by atoms with Crippen LogP contribution in [0.5, 0.6) is 5.75 Å². The number of carbonyl (C=O) groups excluding carboxylic acids is 2. The maximum atomic E-state index is 12.3. The van der Waals surface area contributed by atoms with E-state index in [2.05, 4.69) is 5.32 Å². The quantitative estimate of drug-likeness (QED) is 0.770. The minimum Gasteiger partial charge on any atom is -0.497 e. The van der Waals surface area contributed by atoms with Gasteiger partial charge in [0.1, 0.15) is 5.75 Å². The van der Waals surface area contributed by atoms with E-state index < -0.39 is 27.7 Å². The van der Waals surface area contributed by atoms with Gasteiger partial charge in [-0.15, -0.1) is 0 Å². The Bertz CT molecular complexity index is 700. The average Bonchev–Trinajstić information content (AvgIpc) is 2.93. The summed E-state index contributed by atoms with van der Waals surface area (Å²) < 4.78 is 28.2. The van der Waals surface area contributed by atoms with E-state index in [9.17, 15) is 18.0 Å². The summed E-state index contributed by atoms with van der Waals surface area (Å²) in [5.74, 6) is -0.710. The second-order valence-corrected chi connectivity index (χ2v) is 7.91. The van der Waals surface area contributed by atoms with Crippen LogP contribution in [0.3, 0.4) is 0 Å². The van der Waals surface area contributed by atoms with Crippen LogP contribution in [0.2, 0.25) is 0 Å². The van der Waals surface area contributed by atoms with Crippen LogP contribution in [0.4, 0.5) is 0 Å². The van der Waals surface area contributed by atoms with Gasteiger partial charge in [0, 0.05) is 19.1 Å². The fourth-order valence-corrected chi connectivity index (χ4v) is 4.45. The molecule has 1 aliphatic heterocycles. The van der Waals surface area contributed by atoms with Crippen LogP contribution < -0.4 is 10.1 Å². The molecule has 1 aliphatic rings. The topological polar surface area (TPSA) is 92.8 Å². The molecule has 1 aromatic rings. The third-order valence-corrected chi connectivity index (χ3v) is 5.81. The summed E-state index contributed by atoms with van der Waals surface area (Å²) in [6, 6.07) is 6.71. The largest absolute Gasteiger partial charge is 0.497 e. The number of nitrogens with zero attached hydrogens (tertiary/aromatic N) is 1. The molecule has 1 atom stereocenters. The fourth-order valence-electron chi connectivity index (χ4n) is 2.72. The summed E-state index contributed by atoms with van der Waals surface area (Å²) in [5.41, 5.74) is 0.837. The number of sulfone groups is 1. The number of rotatable bonds is 5. The summed E-state index contributed by atoms with van der Waals surface area (Å²) >= 11 is 0. The lowest BCUT2D eigenvalue weighted by molar-refractivity contribution is -0.147. The predicted octanol–water partition coefficient (Wildman–Crippen LogP) is 0.347. The van der Waals surface area contributed by atoms with Crippen molar-refractivity contribution in [2.75, 3.05) is 25.2 Å². The minimum atomic E-state index is -3.11. The van der Waals surface area contributed by atoms with Crippen molar-refractivity contribution in [3.63, 3.8) is 0 Å². The van der Waals surface area contributed by atoms with Gasteiger partial charge in [-0.2, -0.15) is 0 Å². The highest BCUT2D eigenvalue weighted by Gasteiger charge is 2.35. The van der Waals surface area contributed by atoms with Crippen molar-refractivity contribution in [2.45, 2.75) is 25.9 Å². The van der Waals surface area contributed by atoms with Crippen LogP contribution in [0.15, 0.2) is 24.3 Å². The van der Waals surface area contributed by atoms with Gasteiger partial charge in [0.15, 0.2) is 9.84 Å². The first-order valence-corrected chi connectivity index (χ1v) is 9.60. The van der Waals surface area contributed by atoms with Crippen molar-refractivity contribution in [1.29, 1.82) is 0 Å². The summed E-state index contributed by atoms with van der Waals surface area (Å²) in [7, 11) is -1.54. The lowest BCUT2D eigenvalue weighted by Gasteiger charge is -2.26. The van der Waals surface area contributed by atoms with Crippen molar-refractivity contribution >= 4 is 21.7 Å². The Hall–Kier alpha value is -2.09. The molecule has 2 rings (SSSR count). The Balaban J connectivity index is 1.93. The minimum absolute atomic E-state index is 0.0644. The molecule has 132 valence electrons. The Morgan fingerprint density at radius 3 is 2.46 bits per heavy atom. The molecular formula is C16H22N2O5S. The third-order valence-electron chi connectivity index (χ3n) is 4.06. The highest BCUT2D eigenvalue weighted by Crippen LogP contribution is 2.18. The van der Waals surface area contributed by atoms with Gasteiger partial charge in [-0.05, 0) is 31.0 Å². The van der Waals surface area contributed by atoms with Crippen molar-refractivity contribution in [3.05, 3.63) is 29.8 Å². The van der Waals surface area contributed by atoms with Crippen LogP contribution in [-0.2, 0) is 26.0 Å². The number of hydrogen-bond acceptors (Lipinski definition) is 5. The summed E-state index contributed by atoms with van der Waals surface area (Å²) in [5, 5.41) is 2.57. The van der Waals surface area contributed by atoms with Gasteiger partial charge in [0.05, 0.1) is 18.6 Å². The van der Waals surface area contributed by atoms with E-state index in [1.807, 2.05) is 0 Å². The zero-order valence-corrected chi connectivity index (χ0v) is 14.6. The molecule has 0 saturated carbocycles. The van der Waals surface area contributed by atoms with Gasteiger partial charge in [0.25, 0.3) is 0 Å². The zero-order valence-electron chi connectivity index (χ0n) is 13.8. The summed E-state index contributed by atoms with van der Waals surface area (Å²) in [4.78, 5) is 25.7. The van der Waals surface area contributed by atoms with Gasteiger partial charge >= 0.3 is 11.8 Å². The van der Waals surface area contributed by atoms with Crippen molar-refractivity contribution < 1.29 is 22.7 Å². The molecule has 0 spiro atoms. The lowest BCUT2D eigenvalue weighted by atomic mass is 10.2. The molecule has 24 heavy (non-hydrogen) atoms. The smallest absolute Gasteiger partial charge is 0.312 e. The molecule has 8 heteroatoms. The lowest BCUT2D eigenvalue weighted by Crippen LogP contribution is -2.48. The Morgan fingerprint density at radius 2 is 1.96 bits per heavy atom. The molecule has 0 aliphatic carbocycles. The van der Waals surface area contributed by atoms with E-state index in [4.69, 9.17) is 4.74 Å². The van der Waals surface area contributed by atoms with Gasteiger partial charge in [0.2, 0.25) is 0 Å². The number of nitrogens with one attached hydrogen (secondary N) is 1. The van der Waals surface area contributed by atoms with E-state index in [1.54, 1.807) is 38.3 Å². The number of carbonyl (C=O) groups is 2. The molecular weight excluding hydrogens is 332 g/mol. The average molecular weight is 354 g/mol. The van der Waals surface area contributed by atoms with Gasteiger partial charge in [-0.25, -0.2) is 8.42 Å². The van der Waals surface area contributed by atoms with E-state index >= 15 is 0 Å². The first-order valence-electron chi connectivity index (χ1n) is 7.78. The molecule has 7 nitrogen and oxygen atoms in total. The maximum Gasteiger partial charge on any atom is 0.312 e. The molecule has 1 aromatic carbocycles. The monoisotopic (exact) mass is 354 g/mol. The van der Waals surface area contributed by atoms with Crippen LogP contribution in [0.1, 0.15) is 18.9 Å². The standard InChI is InChI=1S/C16H22N2O5S/c1-3-18(13-8-9-24(21,22)11-13)16(20)15(19)17-10-12-4-6-14(23-2)7-5-12/h4-7,13H,3,8-11H2,1-2H3,(H,17,19). The first kappa shape index (κ1) is 18.3.